The zero-order chi connectivity index (χ0) is 18.1. The Morgan fingerprint density at radius 2 is 1.04 bits per heavy atom. The van der Waals surface area contributed by atoms with Gasteiger partial charge in [0, 0.05) is 12.8 Å². The zero-order valence-electron chi connectivity index (χ0n) is 14.1. The van der Waals surface area contributed by atoms with Crippen LogP contribution in [-0.4, -0.2) is 18.5 Å². The fraction of sp³-hybridized carbons (Fsp3) is 0.263. The molecule has 0 heterocycles. The molecule has 0 fully saturated rings. The van der Waals surface area contributed by atoms with Gasteiger partial charge >= 0.3 is 0 Å². The van der Waals surface area contributed by atoms with Gasteiger partial charge in [0.1, 0.15) is 11.5 Å². The van der Waals surface area contributed by atoms with Crippen molar-refractivity contribution in [2.75, 3.05) is 6.79 Å². The van der Waals surface area contributed by atoms with Gasteiger partial charge in [-0.05, 0) is 48.2 Å². The first-order valence-corrected chi connectivity index (χ1v) is 8.12. The number of rotatable bonds is 10. The Morgan fingerprint density at radius 3 is 1.36 bits per heavy atom. The van der Waals surface area contributed by atoms with E-state index in [1.165, 1.54) is 0 Å². The second-order valence-corrected chi connectivity index (χ2v) is 5.74. The predicted molar refractivity (Wildman–Crippen MR) is 99.5 cm³/mol. The van der Waals surface area contributed by atoms with Gasteiger partial charge in [-0.25, -0.2) is 0 Å². The van der Waals surface area contributed by atoms with E-state index in [2.05, 4.69) is 0 Å². The molecular formula is C19H24N4O2. The minimum Gasteiger partial charge on any atom is -0.458 e. The summed E-state index contributed by atoms with van der Waals surface area (Å²) in [5.74, 6) is 1.84. The first-order valence-electron chi connectivity index (χ1n) is 8.12. The molecule has 2 aromatic carbocycles. The summed E-state index contributed by atoms with van der Waals surface area (Å²) < 4.78 is 11.1. The van der Waals surface area contributed by atoms with Crippen molar-refractivity contribution in [2.45, 2.75) is 25.7 Å². The van der Waals surface area contributed by atoms with E-state index in [1.807, 2.05) is 48.5 Å². The Kier molecular flexibility index (Phi) is 6.83. The highest BCUT2D eigenvalue weighted by molar-refractivity contribution is 5.77. The largest absolute Gasteiger partial charge is 0.458 e. The third kappa shape index (κ3) is 6.95. The third-order valence-corrected chi connectivity index (χ3v) is 3.66. The van der Waals surface area contributed by atoms with Gasteiger partial charge in [0.25, 0.3) is 0 Å². The molecule has 0 saturated heterocycles. The molecule has 0 unspecified atom stereocenters. The van der Waals surface area contributed by atoms with Gasteiger partial charge in [-0.15, -0.1) is 0 Å². The smallest absolute Gasteiger partial charge is 0.230 e. The zero-order valence-corrected chi connectivity index (χ0v) is 14.1. The van der Waals surface area contributed by atoms with E-state index in [-0.39, 0.29) is 18.5 Å². The average Bonchev–Trinajstić information content (AvgIpc) is 2.60. The monoisotopic (exact) mass is 340 g/mol. The second-order valence-electron chi connectivity index (χ2n) is 5.74. The van der Waals surface area contributed by atoms with E-state index >= 15 is 0 Å². The number of benzene rings is 2. The van der Waals surface area contributed by atoms with Crippen LogP contribution in [0.4, 0.5) is 0 Å². The van der Waals surface area contributed by atoms with Crippen molar-refractivity contribution >= 4 is 11.7 Å². The summed E-state index contributed by atoms with van der Waals surface area (Å²) >= 11 is 0. The lowest BCUT2D eigenvalue weighted by Gasteiger charge is -2.10. The maximum atomic E-state index is 7.24. The molecule has 0 aliphatic heterocycles. The van der Waals surface area contributed by atoms with Gasteiger partial charge in [0.15, 0.2) is 0 Å². The van der Waals surface area contributed by atoms with Crippen LogP contribution in [0.25, 0.3) is 0 Å². The summed E-state index contributed by atoms with van der Waals surface area (Å²) in [4.78, 5) is 0. The molecule has 6 heteroatoms. The standard InChI is InChI=1S/C19H24N4O2/c20-18(21)11-5-14-1-7-16(8-2-14)24-13-25-17-9-3-15(4-10-17)6-12-19(22)23/h1-4,7-10H,5-6,11-13H2,(H3,20,21)(H3,22,23). The Balaban J connectivity index is 1.74. The van der Waals surface area contributed by atoms with Crippen molar-refractivity contribution in [2.24, 2.45) is 11.5 Å². The van der Waals surface area contributed by atoms with Crippen LogP contribution in [0, 0.1) is 10.8 Å². The summed E-state index contributed by atoms with van der Waals surface area (Å²) in [5.41, 5.74) is 12.9. The lowest BCUT2D eigenvalue weighted by atomic mass is 10.1. The van der Waals surface area contributed by atoms with Gasteiger partial charge in [0.2, 0.25) is 6.79 Å². The number of nitrogens with one attached hydrogen (secondary N) is 2. The average molecular weight is 340 g/mol. The number of ether oxygens (including phenoxy) is 2. The molecule has 0 saturated carbocycles. The maximum absolute atomic E-state index is 7.24. The molecule has 2 rings (SSSR count). The number of amidine groups is 2. The fourth-order valence-electron chi connectivity index (χ4n) is 2.23. The molecule has 0 amide bonds. The summed E-state index contributed by atoms with van der Waals surface area (Å²) in [6, 6.07) is 15.4. The Labute approximate surface area is 147 Å². The van der Waals surface area contributed by atoms with Crippen LogP contribution in [0.2, 0.25) is 0 Å². The molecule has 0 radical (unpaired) electrons. The molecule has 0 atom stereocenters. The maximum Gasteiger partial charge on any atom is 0.230 e. The lowest BCUT2D eigenvalue weighted by molar-refractivity contribution is 0.120. The molecular weight excluding hydrogens is 316 g/mol. The summed E-state index contributed by atoms with van der Waals surface area (Å²) in [6.45, 7) is 0.125. The highest BCUT2D eigenvalue weighted by Gasteiger charge is 2.00. The SMILES string of the molecule is N=C(N)CCc1ccc(OCOc2ccc(CCC(=N)N)cc2)cc1. The molecule has 0 aliphatic rings. The third-order valence-electron chi connectivity index (χ3n) is 3.66. The van der Waals surface area contributed by atoms with Crippen LogP contribution in [-0.2, 0) is 12.8 Å². The van der Waals surface area contributed by atoms with E-state index in [4.69, 9.17) is 31.8 Å². The van der Waals surface area contributed by atoms with Crippen LogP contribution >= 0.6 is 0 Å². The number of aryl methyl sites for hydroxylation is 2. The van der Waals surface area contributed by atoms with Gasteiger partial charge in [0.05, 0.1) is 11.7 Å². The molecule has 0 aromatic heterocycles. The quantitative estimate of drug-likeness (QED) is 0.302. The summed E-state index contributed by atoms with van der Waals surface area (Å²) in [7, 11) is 0. The van der Waals surface area contributed by atoms with Crippen molar-refractivity contribution in [3.8, 4) is 11.5 Å². The van der Waals surface area contributed by atoms with Crippen LogP contribution < -0.4 is 20.9 Å². The normalized spacial score (nSPS) is 10.2. The fourth-order valence-corrected chi connectivity index (χ4v) is 2.23. The van der Waals surface area contributed by atoms with Crippen molar-refractivity contribution in [1.82, 2.24) is 0 Å². The van der Waals surface area contributed by atoms with Gasteiger partial charge in [-0.1, -0.05) is 24.3 Å². The molecule has 132 valence electrons. The number of hydrogen-bond donors (Lipinski definition) is 4. The topological polar surface area (TPSA) is 118 Å². The summed E-state index contributed by atoms with van der Waals surface area (Å²) in [5, 5.41) is 14.5. The number of nitrogens with two attached hydrogens (primary N) is 2. The van der Waals surface area contributed by atoms with E-state index in [9.17, 15) is 0 Å². The van der Waals surface area contributed by atoms with Gasteiger partial charge < -0.3 is 20.9 Å². The van der Waals surface area contributed by atoms with Crippen LogP contribution in [0.3, 0.4) is 0 Å². The van der Waals surface area contributed by atoms with E-state index in [0.29, 0.717) is 12.8 Å². The van der Waals surface area contributed by atoms with Crippen LogP contribution in [0.1, 0.15) is 24.0 Å². The van der Waals surface area contributed by atoms with Crippen molar-refractivity contribution in [3.05, 3.63) is 59.7 Å². The van der Waals surface area contributed by atoms with E-state index in [0.717, 1.165) is 35.5 Å². The Morgan fingerprint density at radius 1 is 0.680 bits per heavy atom. The van der Waals surface area contributed by atoms with E-state index < -0.39 is 0 Å². The van der Waals surface area contributed by atoms with E-state index in [1.54, 1.807) is 0 Å². The molecule has 25 heavy (non-hydrogen) atoms. The minimum atomic E-state index is 0.125. The lowest BCUT2D eigenvalue weighted by Crippen LogP contribution is -2.10. The highest BCUT2D eigenvalue weighted by Crippen LogP contribution is 2.16. The first kappa shape index (κ1) is 18.3. The first-order chi connectivity index (χ1) is 12.0. The van der Waals surface area contributed by atoms with Crippen molar-refractivity contribution in [1.29, 1.82) is 10.8 Å². The molecule has 6 N–H and O–H groups in total. The van der Waals surface area contributed by atoms with Gasteiger partial charge in [-0.2, -0.15) is 0 Å². The predicted octanol–water partition coefficient (Wildman–Crippen LogP) is 2.84. The highest BCUT2D eigenvalue weighted by atomic mass is 16.7. The molecule has 6 nitrogen and oxygen atoms in total. The molecule has 0 aliphatic carbocycles. The molecule has 0 spiro atoms. The van der Waals surface area contributed by atoms with Crippen LogP contribution in [0.5, 0.6) is 11.5 Å². The summed E-state index contributed by atoms with van der Waals surface area (Å²) in [6.07, 6.45) is 2.63. The Bertz CT molecular complexity index is 635. The van der Waals surface area contributed by atoms with Crippen molar-refractivity contribution in [3.63, 3.8) is 0 Å². The van der Waals surface area contributed by atoms with Gasteiger partial charge in [-0.3, -0.25) is 10.8 Å². The number of hydrogen-bond acceptors (Lipinski definition) is 4. The molecule has 0 bridgehead atoms. The Hall–Kier alpha value is -3.02. The molecule has 2 aromatic rings. The van der Waals surface area contributed by atoms with Crippen molar-refractivity contribution < 1.29 is 9.47 Å². The minimum absolute atomic E-state index is 0.125. The second kappa shape index (κ2) is 9.32. The van der Waals surface area contributed by atoms with Crippen LogP contribution in [0.15, 0.2) is 48.5 Å².